The number of nitrogens with zero attached hydrogens (tertiary/aromatic N) is 2. The van der Waals surface area contributed by atoms with Gasteiger partial charge in [0.2, 0.25) is 0 Å². The van der Waals surface area contributed by atoms with E-state index in [-0.39, 0.29) is 11.8 Å². The third kappa shape index (κ3) is 4.38. The standard InChI is InChI=1S/C18H23N3O/c1-13(2)17-20-12-16(14(3)21-17)18(22)19-11-7-10-15-8-5-4-6-9-15/h4-6,8-9,12-13H,7,10-11H2,1-3H3,(H,19,22). The Hall–Kier alpha value is -2.23. The van der Waals surface area contributed by atoms with Crippen LogP contribution in [0.1, 0.15) is 53.6 Å². The lowest BCUT2D eigenvalue weighted by molar-refractivity contribution is 0.0951. The SMILES string of the molecule is Cc1nc(C(C)C)ncc1C(=O)NCCCc1ccccc1. The van der Waals surface area contributed by atoms with Gasteiger partial charge < -0.3 is 5.32 Å². The Morgan fingerprint density at radius 2 is 1.95 bits per heavy atom. The van der Waals surface area contributed by atoms with E-state index in [9.17, 15) is 4.79 Å². The molecule has 4 heteroatoms. The van der Waals surface area contributed by atoms with E-state index >= 15 is 0 Å². The van der Waals surface area contributed by atoms with Gasteiger partial charge in [-0.25, -0.2) is 9.97 Å². The maximum absolute atomic E-state index is 12.2. The molecule has 4 nitrogen and oxygen atoms in total. The maximum atomic E-state index is 12.2. The first-order valence-corrected chi connectivity index (χ1v) is 7.73. The van der Waals surface area contributed by atoms with Crippen LogP contribution in [0.4, 0.5) is 0 Å². The Morgan fingerprint density at radius 1 is 1.23 bits per heavy atom. The molecule has 1 heterocycles. The van der Waals surface area contributed by atoms with E-state index in [0.29, 0.717) is 12.1 Å². The van der Waals surface area contributed by atoms with Crippen LogP contribution >= 0.6 is 0 Å². The van der Waals surface area contributed by atoms with E-state index in [1.54, 1.807) is 6.20 Å². The van der Waals surface area contributed by atoms with Gasteiger partial charge in [0, 0.05) is 18.7 Å². The second-order valence-corrected chi connectivity index (χ2v) is 5.73. The number of carbonyl (C=O) groups is 1. The van der Waals surface area contributed by atoms with Crippen molar-refractivity contribution in [3.8, 4) is 0 Å². The van der Waals surface area contributed by atoms with Crippen molar-refractivity contribution in [1.29, 1.82) is 0 Å². The highest BCUT2D eigenvalue weighted by Crippen LogP contribution is 2.11. The molecule has 0 saturated heterocycles. The van der Waals surface area contributed by atoms with E-state index in [2.05, 4.69) is 27.4 Å². The average molecular weight is 297 g/mol. The van der Waals surface area contributed by atoms with Gasteiger partial charge in [-0.1, -0.05) is 44.2 Å². The van der Waals surface area contributed by atoms with Crippen molar-refractivity contribution in [2.75, 3.05) is 6.54 Å². The Morgan fingerprint density at radius 3 is 2.59 bits per heavy atom. The Labute approximate surface area is 132 Å². The molecule has 0 aliphatic rings. The highest BCUT2D eigenvalue weighted by molar-refractivity contribution is 5.94. The van der Waals surface area contributed by atoms with Gasteiger partial charge >= 0.3 is 0 Å². The molecule has 0 aliphatic heterocycles. The lowest BCUT2D eigenvalue weighted by Crippen LogP contribution is -2.26. The highest BCUT2D eigenvalue weighted by Gasteiger charge is 2.12. The summed E-state index contributed by atoms with van der Waals surface area (Å²) in [5, 5.41) is 2.94. The third-order valence-electron chi connectivity index (χ3n) is 3.53. The molecule has 22 heavy (non-hydrogen) atoms. The minimum Gasteiger partial charge on any atom is -0.352 e. The van der Waals surface area contributed by atoms with E-state index in [4.69, 9.17) is 0 Å². The lowest BCUT2D eigenvalue weighted by Gasteiger charge is -2.09. The average Bonchev–Trinajstić information content (AvgIpc) is 2.52. The Balaban J connectivity index is 1.85. The minimum atomic E-state index is -0.0964. The molecule has 0 fully saturated rings. The van der Waals surface area contributed by atoms with Crippen molar-refractivity contribution in [3.05, 3.63) is 59.2 Å². The number of amides is 1. The molecule has 1 N–H and O–H groups in total. The molecule has 1 amide bonds. The molecule has 1 aromatic carbocycles. The topological polar surface area (TPSA) is 54.9 Å². The van der Waals surface area contributed by atoms with Crippen molar-refractivity contribution in [3.63, 3.8) is 0 Å². The third-order valence-corrected chi connectivity index (χ3v) is 3.53. The number of nitrogens with one attached hydrogen (secondary N) is 1. The molecule has 0 saturated carbocycles. The van der Waals surface area contributed by atoms with Crippen LogP contribution in [0.25, 0.3) is 0 Å². The highest BCUT2D eigenvalue weighted by atomic mass is 16.1. The van der Waals surface area contributed by atoms with Crippen molar-refractivity contribution in [2.24, 2.45) is 0 Å². The summed E-state index contributed by atoms with van der Waals surface area (Å²) >= 11 is 0. The van der Waals surface area contributed by atoms with Gasteiger partial charge in [-0.2, -0.15) is 0 Å². The van der Waals surface area contributed by atoms with Gasteiger partial charge in [-0.3, -0.25) is 4.79 Å². The van der Waals surface area contributed by atoms with E-state index in [0.717, 1.165) is 24.4 Å². The molecule has 2 aromatic rings. The predicted octanol–water partition coefficient (Wildman–Crippen LogP) is 3.27. The van der Waals surface area contributed by atoms with Crippen LogP contribution in [0, 0.1) is 6.92 Å². The lowest BCUT2D eigenvalue weighted by atomic mass is 10.1. The van der Waals surface area contributed by atoms with Gasteiger partial charge in [0.25, 0.3) is 5.91 Å². The normalized spacial score (nSPS) is 10.7. The Bertz CT molecular complexity index is 623. The molecule has 2 rings (SSSR count). The van der Waals surface area contributed by atoms with Crippen LogP contribution in [-0.2, 0) is 6.42 Å². The quantitative estimate of drug-likeness (QED) is 0.833. The van der Waals surface area contributed by atoms with Crippen molar-refractivity contribution < 1.29 is 4.79 Å². The summed E-state index contributed by atoms with van der Waals surface area (Å²) < 4.78 is 0. The number of hydrogen-bond donors (Lipinski definition) is 1. The number of hydrogen-bond acceptors (Lipinski definition) is 3. The van der Waals surface area contributed by atoms with Crippen LogP contribution in [0.15, 0.2) is 36.5 Å². The van der Waals surface area contributed by atoms with Crippen molar-refractivity contribution in [2.45, 2.75) is 39.5 Å². The second-order valence-electron chi connectivity index (χ2n) is 5.73. The molecule has 116 valence electrons. The van der Waals surface area contributed by atoms with Crippen LogP contribution in [0.3, 0.4) is 0 Å². The van der Waals surface area contributed by atoms with Gasteiger partial charge in [0.15, 0.2) is 0 Å². The van der Waals surface area contributed by atoms with Crippen LogP contribution in [0.5, 0.6) is 0 Å². The molecule has 0 spiro atoms. The van der Waals surface area contributed by atoms with Gasteiger partial charge in [-0.15, -0.1) is 0 Å². The fraction of sp³-hybridized carbons (Fsp3) is 0.389. The molecule has 1 aromatic heterocycles. The zero-order valence-electron chi connectivity index (χ0n) is 13.5. The predicted molar refractivity (Wildman–Crippen MR) is 88.0 cm³/mol. The fourth-order valence-corrected chi connectivity index (χ4v) is 2.22. The van der Waals surface area contributed by atoms with Gasteiger partial charge in [0.1, 0.15) is 5.82 Å². The molecule has 0 aliphatic carbocycles. The summed E-state index contributed by atoms with van der Waals surface area (Å²) in [5.41, 5.74) is 2.58. The molecule has 0 atom stereocenters. The van der Waals surface area contributed by atoms with Crippen LogP contribution < -0.4 is 5.32 Å². The number of benzene rings is 1. The first-order valence-electron chi connectivity index (χ1n) is 7.73. The molecule has 0 unspecified atom stereocenters. The van der Waals surface area contributed by atoms with Crippen LogP contribution in [0.2, 0.25) is 0 Å². The zero-order valence-corrected chi connectivity index (χ0v) is 13.5. The maximum Gasteiger partial charge on any atom is 0.254 e. The molecule has 0 radical (unpaired) electrons. The monoisotopic (exact) mass is 297 g/mol. The van der Waals surface area contributed by atoms with Gasteiger partial charge in [0.05, 0.1) is 11.3 Å². The number of rotatable bonds is 6. The van der Waals surface area contributed by atoms with Crippen molar-refractivity contribution in [1.82, 2.24) is 15.3 Å². The first kappa shape index (κ1) is 16.1. The first-order chi connectivity index (χ1) is 10.6. The summed E-state index contributed by atoms with van der Waals surface area (Å²) in [6.07, 6.45) is 3.51. The number of carbonyl (C=O) groups excluding carboxylic acids is 1. The summed E-state index contributed by atoms with van der Waals surface area (Å²) in [4.78, 5) is 20.8. The Kier molecular flexibility index (Phi) is 5.64. The summed E-state index contributed by atoms with van der Waals surface area (Å²) in [5.74, 6) is 0.945. The largest absolute Gasteiger partial charge is 0.352 e. The van der Waals surface area contributed by atoms with Gasteiger partial charge in [-0.05, 0) is 25.3 Å². The fourth-order valence-electron chi connectivity index (χ4n) is 2.22. The number of aromatic nitrogens is 2. The summed E-state index contributed by atoms with van der Waals surface area (Å²) in [6.45, 7) is 6.59. The molecular formula is C18H23N3O. The minimum absolute atomic E-state index is 0.0964. The van der Waals surface area contributed by atoms with Crippen LogP contribution in [-0.4, -0.2) is 22.4 Å². The van der Waals surface area contributed by atoms with Crippen molar-refractivity contribution >= 4 is 5.91 Å². The van der Waals surface area contributed by atoms with E-state index < -0.39 is 0 Å². The van der Waals surface area contributed by atoms with E-state index in [1.165, 1.54) is 5.56 Å². The summed E-state index contributed by atoms with van der Waals surface area (Å²) in [7, 11) is 0. The zero-order chi connectivity index (χ0) is 15.9. The molecular weight excluding hydrogens is 274 g/mol. The molecule has 0 bridgehead atoms. The summed E-state index contributed by atoms with van der Waals surface area (Å²) in [6, 6.07) is 10.3. The van der Waals surface area contributed by atoms with E-state index in [1.807, 2.05) is 39.0 Å². The second kappa shape index (κ2) is 7.69. The smallest absolute Gasteiger partial charge is 0.254 e. The number of aryl methyl sites for hydroxylation is 2.